The zero-order valence-electron chi connectivity index (χ0n) is 21.4. The number of carbonyl (C=O) groups is 1. The van der Waals surface area contributed by atoms with Crippen molar-refractivity contribution in [2.45, 2.75) is 51.5 Å². The summed E-state index contributed by atoms with van der Waals surface area (Å²) in [5.74, 6) is 0.211. The van der Waals surface area contributed by atoms with Gasteiger partial charge in [0.2, 0.25) is 5.91 Å². The van der Waals surface area contributed by atoms with E-state index in [2.05, 4.69) is 10.3 Å². The minimum Gasteiger partial charge on any atom is -0.385 e. The highest BCUT2D eigenvalue weighted by Crippen LogP contribution is 2.40. The van der Waals surface area contributed by atoms with Crippen LogP contribution in [0, 0.1) is 5.41 Å². The molecule has 0 saturated carbocycles. The van der Waals surface area contributed by atoms with Gasteiger partial charge >= 0.3 is 0 Å². The molecule has 3 aliphatic heterocycles. The number of nitrogens with one attached hydrogen (secondary N) is 2. The number of ether oxygens (including phenoxy) is 1. The van der Waals surface area contributed by atoms with Gasteiger partial charge in [0.1, 0.15) is 5.84 Å². The van der Waals surface area contributed by atoms with Gasteiger partial charge in [0.15, 0.2) is 0 Å². The first-order chi connectivity index (χ1) is 18.3. The standard InChI is InChI=1S/C28H32ClF2N5O2/c1-17(37)35-8-4-25(34-21-5-9-38-10-6-21)24(16-35)28(32)36-7-2-3-18-12-22(19-11-20(29)15-33-14-19)23(27(30)31)13-26(18)36/h11-15,21,27,32,34H,2-10,16H2,1H3. The fraction of sp³-hybridized carbons (Fsp3) is 0.464. The number of rotatable bonds is 5. The summed E-state index contributed by atoms with van der Waals surface area (Å²) in [5.41, 5.74) is 4.06. The predicted molar refractivity (Wildman–Crippen MR) is 144 cm³/mol. The molecule has 3 aliphatic rings. The fourth-order valence-corrected chi connectivity index (χ4v) is 5.70. The summed E-state index contributed by atoms with van der Waals surface area (Å²) in [7, 11) is 0. The molecule has 2 N–H and O–H groups in total. The van der Waals surface area contributed by atoms with Crippen molar-refractivity contribution in [3.05, 3.63) is 58.0 Å². The highest BCUT2D eigenvalue weighted by Gasteiger charge is 2.31. The lowest BCUT2D eigenvalue weighted by atomic mass is 9.91. The van der Waals surface area contributed by atoms with E-state index in [0.717, 1.165) is 42.5 Å². The van der Waals surface area contributed by atoms with Gasteiger partial charge in [-0.2, -0.15) is 0 Å². The molecule has 0 aliphatic carbocycles. The van der Waals surface area contributed by atoms with Crippen LogP contribution in [0.1, 0.15) is 50.2 Å². The summed E-state index contributed by atoms with van der Waals surface area (Å²) in [6, 6.07) is 5.20. The lowest BCUT2D eigenvalue weighted by molar-refractivity contribution is -0.128. The molecule has 7 nitrogen and oxygen atoms in total. The van der Waals surface area contributed by atoms with Crippen molar-refractivity contribution >= 4 is 29.0 Å². The molecule has 5 rings (SSSR count). The third-order valence-electron chi connectivity index (χ3n) is 7.57. The lowest BCUT2D eigenvalue weighted by Gasteiger charge is -2.38. The van der Waals surface area contributed by atoms with Crippen molar-refractivity contribution in [1.82, 2.24) is 15.2 Å². The van der Waals surface area contributed by atoms with Crippen LogP contribution in [0.2, 0.25) is 5.02 Å². The minimum atomic E-state index is -2.71. The maximum Gasteiger partial charge on any atom is 0.264 e. The van der Waals surface area contributed by atoms with Gasteiger partial charge in [-0.1, -0.05) is 11.6 Å². The zero-order chi connectivity index (χ0) is 26.8. The number of anilines is 1. The van der Waals surface area contributed by atoms with Crippen molar-refractivity contribution in [2.24, 2.45) is 0 Å². The number of aromatic nitrogens is 1. The second-order valence-corrected chi connectivity index (χ2v) is 10.5. The Hall–Kier alpha value is -3.04. The molecule has 10 heteroatoms. The van der Waals surface area contributed by atoms with Crippen LogP contribution in [0.4, 0.5) is 14.5 Å². The van der Waals surface area contributed by atoms with E-state index >= 15 is 0 Å². The molecule has 0 radical (unpaired) electrons. The molecule has 2 aromatic rings. The van der Waals surface area contributed by atoms with E-state index in [4.69, 9.17) is 16.3 Å². The molecule has 38 heavy (non-hydrogen) atoms. The van der Waals surface area contributed by atoms with Crippen molar-refractivity contribution in [2.75, 3.05) is 37.7 Å². The first-order valence-corrected chi connectivity index (χ1v) is 13.4. The van der Waals surface area contributed by atoms with Crippen LogP contribution in [-0.2, 0) is 16.0 Å². The molecule has 1 amide bonds. The van der Waals surface area contributed by atoms with Crippen molar-refractivity contribution in [1.29, 1.82) is 5.41 Å². The summed E-state index contributed by atoms with van der Waals surface area (Å²) in [5, 5.41) is 13.3. The summed E-state index contributed by atoms with van der Waals surface area (Å²) in [6.45, 7) is 4.37. The molecule has 0 spiro atoms. The van der Waals surface area contributed by atoms with Gasteiger partial charge in [-0.05, 0) is 55.0 Å². The molecular formula is C28H32ClF2N5O2. The van der Waals surface area contributed by atoms with Crippen molar-refractivity contribution < 1.29 is 18.3 Å². The Morgan fingerprint density at radius 3 is 2.68 bits per heavy atom. The van der Waals surface area contributed by atoms with E-state index in [1.165, 1.54) is 19.2 Å². The number of hydrogen-bond donors (Lipinski definition) is 2. The number of alkyl halides is 2. The lowest BCUT2D eigenvalue weighted by Crippen LogP contribution is -2.46. The van der Waals surface area contributed by atoms with Gasteiger partial charge < -0.3 is 19.9 Å². The number of amidine groups is 1. The molecule has 202 valence electrons. The zero-order valence-corrected chi connectivity index (χ0v) is 22.2. The first kappa shape index (κ1) is 26.6. The molecule has 0 bridgehead atoms. The van der Waals surface area contributed by atoms with Crippen LogP contribution in [0.5, 0.6) is 0 Å². The third kappa shape index (κ3) is 5.54. The van der Waals surface area contributed by atoms with Crippen LogP contribution in [-0.4, -0.2) is 60.5 Å². The summed E-state index contributed by atoms with van der Waals surface area (Å²) in [4.78, 5) is 19.9. The number of pyridine rings is 1. The Bertz CT molecular complexity index is 1260. The fourth-order valence-electron chi connectivity index (χ4n) is 5.53. The van der Waals surface area contributed by atoms with Gasteiger partial charge in [-0.25, -0.2) is 8.78 Å². The van der Waals surface area contributed by atoms with Gasteiger partial charge in [-0.15, -0.1) is 0 Å². The van der Waals surface area contributed by atoms with Crippen LogP contribution in [0.25, 0.3) is 11.1 Å². The highest BCUT2D eigenvalue weighted by atomic mass is 35.5. The Morgan fingerprint density at radius 1 is 1.18 bits per heavy atom. The van der Waals surface area contributed by atoms with Gasteiger partial charge in [-0.3, -0.25) is 15.2 Å². The number of nitrogens with zero attached hydrogens (tertiary/aromatic N) is 3. The maximum atomic E-state index is 14.3. The van der Waals surface area contributed by atoms with E-state index in [1.807, 2.05) is 4.90 Å². The smallest absolute Gasteiger partial charge is 0.264 e. The van der Waals surface area contributed by atoms with Crippen LogP contribution in [0.3, 0.4) is 0 Å². The van der Waals surface area contributed by atoms with Crippen LogP contribution < -0.4 is 10.2 Å². The summed E-state index contributed by atoms with van der Waals surface area (Å²) < 4.78 is 34.2. The van der Waals surface area contributed by atoms with E-state index < -0.39 is 6.43 Å². The number of aryl methyl sites for hydroxylation is 1. The summed E-state index contributed by atoms with van der Waals surface area (Å²) >= 11 is 6.11. The third-order valence-corrected chi connectivity index (χ3v) is 7.77. The van der Waals surface area contributed by atoms with E-state index in [1.54, 1.807) is 23.2 Å². The second kappa shape index (κ2) is 11.4. The molecule has 0 atom stereocenters. The number of benzene rings is 1. The Labute approximate surface area is 226 Å². The normalized spacial score (nSPS) is 18.6. The van der Waals surface area contributed by atoms with Crippen LogP contribution in [0.15, 0.2) is 41.9 Å². The number of hydrogen-bond acceptors (Lipinski definition) is 5. The average Bonchev–Trinajstić information content (AvgIpc) is 2.92. The number of fused-ring (bicyclic) bond motifs is 1. The molecule has 1 fully saturated rings. The van der Waals surface area contributed by atoms with Crippen molar-refractivity contribution in [3.63, 3.8) is 0 Å². The monoisotopic (exact) mass is 543 g/mol. The quantitative estimate of drug-likeness (QED) is 0.393. The molecule has 1 saturated heterocycles. The molecule has 4 heterocycles. The number of halogens is 3. The SMILES string of the molecule is CC(=O)N1CCC(NC2CCOCC2)=C(C(=N)N2CCCc3cc(-c4cncc(Cl)c4)c(C(F)F)cc32)C1. The number of carbonyl (C=O) groups excluding carboxylic acids is 1. The Balaban J connectivity index is 1.53. The van der Waals surface area contributed by atoms with E-state index in [0.29, 0.717) is 61.1 Å². The van der Waals surface area contributed by atoms with E-state index in [-0.39, 0.29) is 23.3 Å². The summed E-state index contributed by atoms with van der Waals surface area (Å²) in [6.07, 6.45) is 4.19. The van der Waals surface area contributed by atoms with E-state index in [9.17, 15) is 19.0 Å². The second-order valence-electron chi connectivity index (χ2n) is 10.0. The molecular weight excluding hydrogens is 512 g/mol. The largest absolute Gasteiger partial charge is 0.385 e. The average molecular weight is 544 g/mol. The van der Waals surface area contributed by atoms with Gasteiger partial charge in [0, 0.05) is 86.2 Å². The van der Waals surface area contributed by atoms with Crippen LogP contribution >= 0.6 is 11.6 Å². The first-order valence-electron chi connectivity index (χ1n) is 13.1. The van der Waals surface area contributed by atoms with Gasteiger partial charge in [0.25, 0.3) is 6.43 Å². The van der Waals surface area contributed by atoms with Gasteiger partial charge in [0.05, 0.1) is 11.6 Å². The molecule has 1 aromatic heterocycles. The Morgan fingerprint density at radius 2 is 1.97 bits per heavy atom. The number of amides is 1. The molecule has 0 unspecified atom stereocenters. The Kier molecular flexibility index (Phi) is 7.95. The molecule has 1 aromatic carbocycles. The minimum absolute atomic E-state index is 0.0424. The van der Waals surface area contributed by atoms with Crippen molar-refractivity contribution in [3.8, 4) is 11.1 Å². The predicted octanol–water partition coefficient (Wildman–Crippen LogP) is 5.34. The maximum absolute atomic E-state index is 14.3. The highest BCUT2D eigenvalue weighted by molar-refractivity contribution is 6.30. The topological polar surface area (TPSA) is 81.6 Å².